The van der Waals surface area contributed by atoms with Gasteiger partial charge in [0.25, 0.3) is 0 Å². The van der Waals surface area contributed by atoms with E-state index in [0.717, 1.165) is 44.2 Å². The van der Waals surface area contributed by atoms with Crippen LogP contribution in [0.25, 0.3) is 136 Å². The molecule has 0 unspecified atom stereocenters. The summed E-state index contributed by atoms with van der Waals surface area (Å²) in [5.74, 6) is 1.90. The summed E-state index contributed by atoms with van der Waals surface area (Å²) < 4.78 is 4.91. The highest BCUT2D eigenvalue weighted by Gasteiger charge is 2.22. The SMILES string of the molecule is c1ccc2cc(-c3nc(-c4ccc5c(ccc6ccccc65)c4)nc(-c4cc(-n5c6cc7ccccc7cc6c6cc7ccccc7cc65)c5c(c4)sc4ccccc45)n3)ccc2c1. The van der Waals surface area contributed by atoms with Crippen LogP contribution >= 0.6 is 11.3 Å². The number of benzene rings is 11. The smallest absolute Gasteiger partial charge is 0.164 e. The molecule has 0 saturated heterocycles. The number of fused-ring (bicyclic) bond motifs is 12. The van der Waals surface area contributed by atoms with Gasteiger partial charge >= 0.3 is 0 Å². The molecule has 4 nitrogen and oxygen atoms in total. The van der Waals surface area contributed by atoms with Crippen LogP contribution in [-0.4, -0.2) is 19.5 Å². The molecular weight excluding hydrogens is 797 g/mol. The van der Waals surface area contributed by atoms with Crippen molar-refractivity contribution >= 4 is 107 Å². The fraction of sp³-hybridized carbons (Fsp3) is 0. The third-order valence-electron chi connectivity index (χ3n) is 13.1. The van der Waals surface area contributed by atoms with Gasteiger partial charge in [0.1, 0.15) is 0 Å². The first-order valence-corrected chi connectivity index (χ1v) is 22.5. The molecule has 0 aliphatic heterocycles. The summed E-state index contributed by atoms with van der Waals surface area (Å²) in [7, 11) is 0. The molecule has 0 radical (unpaired) electrons. The summed E-state index contributed by atoms with van der Waals surface area (Å²) in [5, 5.41) is 16.9. The highest BCUT2D eigenvalue weighted by Crippen LogP contribution is 2.45. The van der Waals surface area contributed by atoms with Crippen molar-refractivity contribution in [1.82, 2.24) is 19.5 Å². The lowest BCUT2D eigenvalue weighted by Gasteiger charge is -2.14. The van der Waals surface area contributed by atoms with Crippen LogP contribution in [0.1, 0.15) is 0 Å². The second kappa shape index (κ2) is 13.6. The fourth-order valence-corrected chi connectivity index (χ4v) is 11.2. The lowest BCUT2D eigenvalue weighted by atomic mass is 10.00. The number of aromatic nitrogens is 4. The normalized spacial score (nSPS) is 12.1. The van der Waals surface area contributed by atoms with Gasteiger partial charge in [-0.05, 0) is 108 Å². The molecule has 14 aromatic rings. The van der Waals surface area contributed by atoms with Gasteiger partial charge in [0.05, 0.1) is 16.7 Å². The van der Waals surface area contributed by atoms with E-state index in [9.17, 15) is 0 Å². The van der Waals surface area contributed by atoms with E-state index in [1.165, 1.54) is 74.0 Å². The molecule has 296 valence electrons. The highest BCUT2D eigenvalue weighted by molar-refractivity contribution is 7.26. The Bertz CT molecular complexity index is 4180. The minimum atomic E-state index is 0.629. The molecule has 0 spiro atoms. The molecule has 0 atom stereocenters. The van der Waals surface area contributed by atoms with E-state index in [1.54, 1.807) is 0 Å². The summed E-state index contributed by atoms with van der Waals surface area (Å²) >= 11 is 1.82. The minimum absolute atomic E-state index is 0.629. The van der Waals surface area contributed by atoms with Crippen molar-refractivity contribution in [3.05, 3.63) is 206 Å². The van der Waals surface area contributed by atoms with Gasteiger partial charge in [-0.15, -0.1) is 11.3 Å². The predicted molar refractivity (Wildman–Crippen MR) is 271 cm³/mol. The second-order valence-corrected chi connectivity index (χ2v) is 17.9. The topological polar surface area (TPSA) is 43.6 Å². The molecular formula is C59H34N4S. The number of hydrogen-bond donors (Lipinski definition) is 0. The van der Waals surface area contributed by atoms with Crippen molar-refractivity contribution in [2.45, 2.75) is 0 Å². The maximum atomic E-state index is 5.39. The molecule has 3 aromatic heterocycles. The number of thiophene rings is 1. The van der Waals surface area contributed by atoms with Gasteiger partial charge in [0.2, 0.25) is 0 Å². The molecule has 0 aliphatic rings. The van der Waals surface area contributed by atoms with E-state index in [1.807, 2.05) is 11.3 Å². The zero-order valence-electron chi connectivity index (χ0n) is 34.3. The van der Waals surface area contributed by atoms with Crippen molar-refractivity contribution in [2.24, 2.45) is 0 Å². The third-order valence-corrected chi connectivity index (χ3v) is 14.2. The Morgan fingerprint density at radius 3 is 1.44 bits per heavy atom. The van der Waals surface area contributed by atoms with Crippen LogP contribution in [-0.2, 0) is 0 Å². The zero-order chi connectivity index (χ0) is 41.9. The van der Waals surface area contributed by atoms with Gasteiger partial charge in [-0.1, -0.05) is 152 Å². The van der Waals surface area contributed by atoms with Gasteiger partial charge < -0.3 is 4.57 Å². The van der Waals surface area contributed by atoms with Gasteiger partial charge in [-0.2, -0.15) is 0 Å². The maximum Gasteiger partial charge on any atom is 0.164 e. The van der Waals surface area contributed by atoms with E-state index in [4.69, 9.17) is 15.0 Å². The van der Waals surface area contributed by atoms with Crippen LogP contribution in [0.15, 0.2) is 206 Å². The van der Waals surface area contributed by atoms with Crippen molar-refractivity contribution in [3.63, 3.8) is 0 Å². The van der Waals surface area contributed by atoms with E-state index in [-0.39, 0.29) is 0 Å². The molecule has 0 fully saturated rings. The molecule has 0 saturated carbocycles. The van der Waals surface area contributed by atoms with E-state index in [2.05, 4.69) is 211 Å². The third kappa shape index (κ3) is 5.44. The Morgan fingerprint density at radius 2 is 0.766 bits per heavy atom. The molecule has 64 heavy (non-hydrogen) atoms. The van der Waals surface area contributed by atoms with Crippen molar-refractivity contribution < 1.29 is 0 Å². The predicted octanol–water partition coefficient (Wildman–Crippen LogP) is 16.1. The van der Waals surface area contributed by atoms with Crippen LogP contribution in [0, 0.1) is 0 Å². The Hall–Kier alpha value is -8.25. The van der Waals surface area contributed by atoms with Crippen LogP contribution in [0.3, 0.4) is 0 Å². The van der Waals surface area contributed by atoms with Crippen LogP contribution in [0.5, 0.6) is 0 Å². The lowest BCUT2D eigenvalue weighted by molar-refractivity contribution is 1.07. The number of hydrogen-bond acceptors (Lipinski definition) is 4. The number of nitrogens with zero attached hydrogens (tertiary/aromatic N) is 4. The molecule has 5 heteroatoms. The van der Waals surface area contributed by atoms with Crippen LogP contribution in [0.4, 0.5) is 0 Å². The lowest BCUT2D eigenvalue weighted by Crippen LogP contribution is -2.02. The summed E-state index contributed by atoms with van der Waals surface area (Å²) in [6.07, 6.45) is 0. The van der Waals surface area contributed by atoms with E-state index < -0.39 is 0 Å². The van der Waals surface area contributed by atoms with Crippen molar-refractivity contribution in [1.29, 1.82) is 0 Å². The van der Waals surface area contributed by atoms with Gasteiger partial charge in [0, 0.05) is 47.6 Å². The second-order valence-electron chi connectivity index (χ2n) is 16.8. The monoisotopic (exact) mass is 830 g/mol. The number of rotatable bonds is 4. The molecule has 0 N–H and O–H groups in total. The van der Waals surface area contributed by atoms with Gasteiger partial charge in [0.15, 0.2) is 17.5 Å². The van der Waals surface area contributed by atoms with E-state index >= 15 is 0 Å². The Balaban J connectivity index is 1.07. The quantitative estimate of drug-likeness (QED) is 0.166. The van der Waals surface area contributed by atoms with Gasteiger partial charge in [-0.25, -0.2) is 15.0 Å². The first-order valence-electron chi connectivity index (χ1n) is 21.7. The summed E-state index contributed by atoms with van der Waals surface area (Å²) in [5.41, 5.74) is 6.24. The molecule has 0 bridgehead atoms. The summed E-state index contributed by atoms with van der Waals surface area (Å²) in [6.45, 7) is 0. The zero-order valence-corrected chi connectivity index (χ0v) is 35.1. The Morgan fingerprint density at radius 1 is 0.297 bits per heavy atom. The fourth-order valence-electron chi connectivity index (χ4n) is 10.0. The van der Waals surface area contributed by atoms with Crippen LogP contribution in [0.2, 0.25) is 0 Å². The van der Waals surface area contributed by atoms with Crippen molar-refractivity contribution in [2.75, 3.05) is 0 Å². The average Bonchev–Trinajstić information content (AvgIpc) is 3.88. The van der Waals surface area contributed by atoms with Crippen molar-refractivity contribution in [3.8, 4) is 39.9 Å². The van der Waals surface area contributed by atoms with Crippen LogP contribution < -0.4 is 0 Å². The molecule has 0 aliphatic carbocycles. The highest BCUT2D eigenvalue weighted by atomic mass is 32.1. The average molecular weight is 831 g/mol. The summed E-state index contributed by atoms with van der Waals surface area (Å²) in [6, 6.07) is 74.7. The first-order chi connectivity index (χ1) is 31.7. The molecule has 0 amide bonds. The molecule has 11 aromatic carbocycles. The Kier molecular flexibility index (Phi) is 7.53. The van der Waals surface area contributed by atoms with Gasteiger partial charge in [-0.3, -0.25) is 0 Å². The Labute approximate surface area is 371 Å². The molecule has 14 rings (SSSR count). The standard InChI is InChI=1S/C59H34N4S/c1-2-13-37-27-43(24-21-35(37)11-1)57-60-58(44-25-26-47-42(28-44)23-22-36-12-7-8-18-46(36)47)62-59(61-57)45-33-53(56-48-19-9-10-20-54(48)64-55(56)34-45)63-51-31-40-16-5-3-14-38(40)29-49(51)50-30-39-15-4-6-17-41(39)32-52(50)63/h1-34H. The summed E-state index contributed by atoms with van der Waals surface area (Å²) in [4.78, 5) is 16.0. The maximum absolute atomic E-state index is 5.39. The largest absolute Gasteiger partial charge is 0.308 e. The molecule has 3 heterocycles. The van der Waals surface area contributed by atoms with E-state index in [0.29, 0.717) is 17.5 Å². The minimum Gasteiger partial charge on any atom is -0.308 e. The first kappa shape index (κ1) is 35.4.